The molecule has 0 aliphatic rings. The maximum atomic E-state index is 13.8. The number of benzene rings is 1. The molecule has 1 amide bonds. The van der Waals surface area contributed by atoms with Gasteiger partial charge in [-0.2, -0.15) is 8.42 Å². The fourth-order valence-corrected chi connectivity index (χ4v) is 2.26. The molecule has 0 aliphatic heterocycles. The number of carbonyl (C=O) groups is 2. The van der Waals surface area contributed by atoms with Gasteiger partial charge in [0.15, 0.2) is 0 Å². The highest BCUT2D eigenvalue weighted by Crippen LogP contribution is 2.31. The van der Waals surface area contributed by atoms with Crippen LogP contribution in [-0.4, -0.2) is 41.7 Å². The third-order valence-electron chi connectivity index (χ3n) is 2.59. The Bertz CT molecular complexity index is 647. The second-order valence-electron chi connectivity index (χ2n) is 4.45. The first-order valence-corrected chi connectivity index (χ1v) is 7.53. The molecule has 122 valence electrons. The van der Waals surface area contributed by atoms with Crippen molar-refractivity contribution >= 4 is 22.0 Å². The number of hydrogen-bond donors (Lipinski definition) is 3. The SMILES string of the molecule is O=C(CC(F)(F)c1ccccc1)N[C@@H](CS(=O)(=O)O)C(=O)O. The molecule has 0 aromatic heterocycles. The van der Waals surface area contributed by atoms with Crippen LogP contribution in [0.4, 0.5) is 8.78 Å². The summed E-state index contributed by atoms with van der Waals surface area (Å²) >= 11 is 0. The van der Waals surface area contributed by atoms with E-state index in [-0.39, 0.29) is 0 Å². The molecule has 1 rings (SSSR count). The number of nitrogens with one attached hydrogen (secondary N) is 1. The van der Waals surface area contributed by atoms with Gasteiger partial charge in [-0.15, -0.1) is 0 Å². The lowest BCUT2D eigenvalue weighted by atomic mass is 10.1. The Labute approximate surface area is 124 Å². The summed E-state index contributed by atoms with van der Waals surface area (Å²) in [5, 5.41) is 10.4. The van der Waals surface area contributed by atoms with E-state index in [1.165, 1.54) is 18.2 Å². The minimum atomic E-state index is -4.69. The predicted molar refractivity (Wildman–Crippen MR) is 70.9 cm³/mol. The van der Waals surface area contributed by atoms with Gasteiger partial charge in [0.2, 0.25) is 5.91 Å². The van der Waals surface area contributed by atoms with Crippen molar-refractivity contribution in [3.8, 4) is 0 Å². The second kappa shape index (κ2) is 6.79. The quantitative estimate of drug-likeness (QED) is 0.628. The van der Waals surface area contributed by atoms with E-state index in [0.29, 0.717) is 0 Å². The summed E-state index contributed by atoms with van der Waals surface area (Å²) < 4.78 is 57.5. The molecule has 0 fully saturated rings. The Morgan fingerprint density at radius 2 is 1.77 bits per heavy atom. The maximum Gasteiger partial charge on any atom is 0.327 e. The highest BCUT2D eigenvalue weighted by molar-refractivity contribution is 7.85. The molecule has 0 saturated carbocycles. The normalized spacial score (nSPS) is 13.4. The molecule has 0 spiro atoms. The minimum Gasteiger partial charge on any atom is -0.480 e. The number of carboxylic acid groups (broad SMARTS) is 1. The van der Waals surface area contributed by atoms with Crippen molar-refractivity contribution < 1.29 is 36.4 Å². The molecule has 0 heterocycles. The fourth-order valence-electron chi connectivity index (χ4n) is 1.62. The Kier molecular flexibility index (Phi) is 5.55. The lowest BCUT2D eigenvalue weighted by Gasteiger charge is -2.18. The Hall–Kier alpha value is -2.07. The van der Waals surface area contributed by atoms with Gasteiger partial charge in [-0.1, -0.05) is 30.3 Å². The van der Waals surface area contributed by atoms with E-state index in [9.17, 15) is 26.8 Å². The zero-order valence-corrected chi connectivity index (χ0v) is 11.9. The van der Waals surface area contributed by atoms with E-state index in [4.69, 9.17) is 9.66 Å². The smallest absolute Gasteiger partial charge is 0.327 e. The van der Waals surface area contributed by atoms with Crippen LogP contribution in [0.25, 0.3) is 0 Å². The summed E-state index contributed by atoms with van der Waals surface area (Å²) in [5.74, 6) is -7.99. The first-order chi connectivity index (χ1) is 10.0. The summed E-state index contributed by atoms with van der Waals surface area (Å²) in [6, 6.07) is 4.38. The van der Waals surface area contributed by atoms with Gasteiger partial charge in [-0.25, -0.2) is 13.6 Å². The number of carbonyl (C=O) groups excluding carboxylic acids is 1. The topological polar surface area (TPSA) is 121 Å². The monoisotopic (exact) mass is 337 g/mol. The van der Waals surface area contributed by atoms with Crippen LogP contribution < -0.4 is 5.32 Å². The number of aliphatic carboxylic acids is 1. The van der Waals surface area contributed by atoms with Gasteiger partial charge in [-0.05, 0) is 0 Å². The molecule has 0 aliphatic carbocycles. The van der Waals surface area contributed by atoms with E-state index < -0.39 is 51.7 Å². The molecule has 0 unspecified atom stereocenters. The van der Waals surface area contributed by atoms with Gasteiger partial charge in [0.05, 0.1) is 6.42 Å². The van der Waals surface area contributed by atoms with Gasteiger partial charge < -0.3 is 10.4 Å². The number of halogens is 2. The summed E-state index contributed by atoms with van der Waals surface area (Å²) in [6.07, 6.45) is -1.35. The number of hydrogen-bond acceptors (Lipinski definition) is 4. The van der Waals surface area contributed by atoms with Crippen LogP contribution >= 0.6 is 0 Å². The van der Waals surface area contributed by atoms with Crippen molar-refractivity contribution in [1.29, 1.82) is 0 Å². The summed E-state index contributed by atoms with van der Waals surface area (Å²) in [5.41, 5.74) is -0.438. The van der Waals surface area contributed by atoms with E-state index >= 15 is 0 Å². The molecule has 0 saturated heterocycles. The third-order valence-corrected chi connectivity index (χ3v) is 3.34. The largest absolute Gasteiger partial charge is 0.480 e. The van der Waals surface area contributed by atoms with Gasteiger partial charge in [0.1, 0.15) is 11.8 Å². The molecule has 0 radical (unpaired) electrons. The number of rotatable bonds is 7. The second-order valence-corrected chi connectivity index (χ2v) is 5.95. The number of alkyl halides is 2. The molecule has 1 aromatic rings. The van der Waals surface area contributed by atoms with Crippen LogP contribution in [0.2, 0.25) is 0 Å². The van der Waals surface area contributed by atoms with E-state index in [2.05, 4.69) is 0 Å². The van der Waals surface area contributed by atoms with Crippen LogP contribution in [0.5, 0.6) is 0 Å². The Balaban J connectivity index is 2.77. The van der Waals surface area contributed by atoms with Crippen molar-refractivity contribution in [1.82, 2.24) is 5.32 Å². The maximum absolute atomic E-state index is 13.8. The first kappa shape index (κ1) is 18.0. The lowest BCUT2D eigenvalue weighted by Crippen LogP contribution is -2.46. The molecule has 7 nitrogen and oxygen atoms in total. The highest BCUT2D eigenvalue weighted by atomic mass is 32.2. The van der Waals surface area contributed by atoms with Crippen LogP contribution in [0.1, 0.15) is 12.0 Å². The van der Waals surface area contributed by atoms with Crippen LogP contribution in [0.15, 0.2) is 30.3 Å². The molecule has 0 bridgehead atoms. The molecule has 22 heavy (non-hydrogen) atoms. The Morgan fingerprint density at radius 1 is 1.23 bits per heavy atom. The van der Waals surface area contributed by atoms with Crippen molar-refractivity contribution in [2.45, 2.75) is 18.4 Å². The van der Waals surface area contributed by atoms with E-state index in [0.717, 1.165) is 12.1 Å². The minimum absolute atomic E-state index is 0.438. The summed E-state index contributed by atoms with van der Waals surface area (Å²) in [6.45, 7) is 0. The number of amides is 1. The average Bonchev–Trinajstić information content (AvgIpc) is 2.36. The average molecular weight is 337 g/mol. The zero-order chi connectivity index (χ0) is 17.0. The van der Waals surface area contributed by atoms with Gasteiger partial charge in [-0.3, -0.25) is 9.35 Å². The van der Waals surface area contributed by atoms with E-state index in [1.54, 1.807) is 5.32 Å². The fraction of sp³-hybridized carbons (Fsp3) is 0.333. The zero-order valence-electron chi connectivity index (χ0n) is 11.1. The van der Waals surface area contributed by atoms with Gasteiger partial charge in [0, 0.05) is 5.56 Å². The molecule has 10 heteroatoms. The lowest BCUT2D eigenvalue weighted by molar-refractivity contribution is -0.142. The van der Waals surface area contributed by atoms with Crippen molar-refractivity contribution in [2.75, 3.05) is 5.75 Å². The molecule has 1 aromatic carbocycles. The van der Waals surface area contributed by atoms with Crippen molar-refractivity contribution in [3.63, 3.8) is 0 Å². The predicted octanol–water partition coefficient (Wildman–Crippen LogP) is 0.626. The number of carboxylic acids is 1. The molecular formula is C12H13F2NO6S. The van der Waals surface area contributed by atoms with Crippen molar-refractivity contribution in [3.05, 3.63) is 35.9 Å². The highest BCUT2D eigenvalue weighted by Gasteiger charge is 2.36. The summed E-state index contributed by atoms with van der Waals surface area (Å²) in [7, 11) is -4.69. The van der Waals surface area contributed by atoms with Crippen LogP contribution in [-0.2, 0) is 25.6 Å². The molecule has 3 N–H and O–H groups in total. The van der Waals surface area contributed by atoms with Crippen molar-refractivity contribution in [2.24, 2.45) is 0 Å². The van der Waals surface area contributed by atoms with Crippen LogP contribution in [0, 0.1) is 0 Å². The van der Waals surface area contributed by atoms with E-state index in [1.807, 2.05) is 0 Å². The van der Waals surface area contributed by atoms with Crippen LogP contribution in [0.3, 0.4) is 0 Å². The third kappa shape index (κ3) is 5.74. The van der Waals surface area contributed by atoms with Gasteiger partial charge >= 0.3 is 5.97 Å². The standard InChI is InChI=1S/C12H13F2NO6S/c13-12(14,8-4-2-1-3-5-8)6-10(16)15-9(11(17)18)7-22(19,20)21/h1-5,9H,6-7H2,(H,15,16)(H,17,18)(H,19,20,21)/t9-/m0/s1. The molecule has 1 atom stereocenters. The summed E-state index contributed by atoms with van der Waals surface area (Å²) in [4.78, 5) is 22.3. The molecular weight excluding hydrogens is 324 g/mol. The Morgan fingerprint density at radius 3 is 2.23 bits per heavy atom. The van der Waals surface area contributed by atoms with Gasteiger partial charge in [0.25, 0.3) is 16.0 Å². The first-order valence-electron chi connectivity index (χ1n) is 5.92.